The van der Waals surface area contributed by atoms with Gasteiger partial charge in [0.2, 0.25) is 11.8 Å². The molecule has 1 N–H and O–H groups in total. The molecular formula is C31H29BrN2O5. The minimum Gasteiger partial charge on any atom is -0.452 e. The Morgan fingerprint density at radius 2 is 1.62 bits per heavy atom. The third kappa shape index (κ3) is 5.52. The second-order valence-corrected chi connectivity index (χ2v) is 11.0. The van der Waals surface area contributed by atoms with Gasteiger partial charge in [0, 0.05) is 10.2 Å². The number of carbonyl (C=O) groups is 4. The largest absolute Gasteiger partial charge is 0.452 e. The number of aryl methyl sites for hydroxylation is 2. The van der Waals surface area contributed by atoms with E-state index in [0.29, 0.717) is 24.2 Å². The lowest BCUT2D eigenvalue weighted by molar-refractivity contribution is -0.122. The zero-order valence-electron chi connectivity index (χ0n) is 21.8. The van der Waals surface area contributed by atoms with Gasteiger partial charge in [0.1, 0.15) is 0 Å². The highest BCUT2D eigenvalue weighted by atomic mass is 79.9. The maximum Gasteiger partial charge on any atom is 0.338 e. The van der Waals surface area contributed by atoms with Crippen LogP contribution < -0.4 is 10.2 Å². The van der Waals surface area contributed by atoms with Crippen molar-refractivity contribution in [1.29, 1.82) is 0 Å². The van der Waals surface area contributed by atoms with Crippen LogP contribution in [0.3, 0.4) is 0 Å². The van der Waals surface area contributed by atoms with E-state index in [2.05, 4.69) is 33.4 Å². The number of fused-ring (bicyclic) bond motifs is 1. The Morgan fingerprint density at radius 3 is 2.33 bits per heavy atom. The molecule has 0 spiro atoms. The molecule has 1 aliphatic carbocycles. The Kier molecular flexibility index (Phi) is 7.66. The van der Waals surface area contributed by atoms with E-state index in [1.165, 1.54) is 22.6 Å². The lowest BCUT2D eigenvalue weighted by Crippen LogP contribution is -2.31. The van der Waals surface area contributed by atoms with E-state index in [0.717, 1.165) is 22.0 Å². The molecule has 0 unspecified atom stereocenters. The monoisotopic (exact) mass is 588 g/mol. The summed E-state index contributed by atoms with van der Waals surface area (Å²) < 4.78 is 6.20. The van der Waals surface area contributed by atoms with Crippen LogP contribution in [0.5, 0.6) is 0 Å². The number of esters is 1. The molecule has 2 aliphatic rings. The Morgan fingerprint density at radius 1 is 0.923 bits per heavy atom. The van der Waals surface area contributed by atoms with Crippen molar-refractivity contribution in [2.75, 3.05) is 16.8 Å². The lowest BCUT2D eigenvalue weighted by Gasteiger charge is -2.28. The number of anilines is 2. The summed E-state index contributed by atoms with van der Waals surface area (Å²) in [6, 6.07) is 20.0. The van der Waals surface area contributed by atoms with Crippen LogP contribution in [0.2, 0.25) is 0 Å². The fraction of sp³-hybridized carbons (Fsp3) is 0.290. The normalized spacial score (nSPS) is 20.5. The fourth-order valence-corrected chi connectivity index (χ4v) is 5.89. The number of rotatable bonds is 6. The van der Waals surface area contributed by atoms with Crippen LogP contribution in [0.15, 0.2) is 71.2 Å². The summed E-state index contributed by atoms with van der Waals surface area (Å²) in [5, 5.41) is 2.73. The zero-order valence-corrected chi connectivity index (χ0v) is 23.4. The second kappa shape index (κ2) is 11.1. The number of hydrogen-bond donors (Lipinski definition) is 1. The molecule has 7 nitrogen and oxygen atoms in total. The van der Waals surface area contributed by atoms with Crippen molar-refractivity contribution < 1.29 is 23.9 Å². The van der Waals surface area contributed by atoms with Crippen molar-refractivity contribution in [3.8, 4) is 0 Å². The lowest BCUT2D eigenvalue weighted by atomic mass is 9.73. The summed E-state index contributed by atoms with van der Waals surface area (Å²) in [4.78, 5) is 53.0. The molecule has 1 heterocycles. The predicted octanol–water partition coefficient (Wildman–Crippen LogP) is 5.93. The van der Waals surface area contributed by atoms with E-state index in [1.54, 1.807) is 12.1 Å². The molecule has 8 heteroatoms. The maximum atomic E-state index is 13.4. The van der Waals surface area contributed by atoms with Crippen molar-refractivity contribution in [3.05, 3.63) is 93.5 Å². The first kappa shape index (κ1) is 26.8. The van der Waals surface area contributed by atoms with Gasteiger partial charge in [-0.1, -0.05) is 52.3 Å². The van der Waals surface area contributed by atoms with Crippen LogP contribution in [0.4, 0.5) is 11.4 Å². The number of halogens is 1. The van der Waals surface area contributed by atoms with E-state index < -0.39 is 18.5 Å². The molecule has 200 valence electrons. The summed E-state index contributed by atoms with van der Waals surface area (Å²) in [5.74, 6) is -2.11. The molecule has 1 saturated heterocycles. The van der Waals surface area contributed by atoms with Gasteiger partial charge in [-0.15, -0.1) is 0 Å². The molecule has 1 aliphatic heterocycles. The standard InChI is InChI=1S/C31H29BrN2O5/c1-18-13-23(14-19(2)28(18)32)33-27(35)17-39-31(38)22-9-6-10-24(15-22)34-29(36)25-12-11-21(16-26(25)30(34)37)20-7-4-3-5-8-20/h3-10,13-15,21,25-26H,11-12,16-17H2,1-2H3,(H,33,35)/t21-,25+,26-/m0/s1. The minimum atomic E-state index is -0.712. The Hall–Kier alpha value is -3.78. The number of benzene rings is 3. The van der Waals surface area contributed by atoms with E-state index in [1.807, 2.05) is 44.2 Å². The summed E-state index contributed by atoms with van der Waals surface area (Å²) in [6.07, 6.45) is 2.13. The quantitative estimate of drug-likeness (QED) is 0.284. The van der Waals surface area contributed by atoms with Gasteiger partial charge in [-0.25, -0.2) is 4.79 Å². The van der Waals surface area contributed by atoms with Crippen LogP contribution in [0.1, 0.15) is 52.2 Å². The van der Waals surface area contributed by atoms with Crippen molar-refractivity contribution in [2.24, 2.45) is 11.8 Å². The van der Waals surface area contributed by atoms with Crippen LogP contribution in [-0.4, -0.2) is 30.3 Å². The highest BCUT2D eigenvalue weighted by molar-refractivity contribution is 9.10. The third-order valence-corrected chi connectivity index (χ3v) is 8.84. The van der Waals surface area contributed by atoms with E-state index >= 15 is 0 Å². The summed E-state index contributed by atoms with van der Waals surface area (Å²) in [6.45, 7) is 3.38. The number of ether oxygens (including phenoxy) is 1. The van der Waals surface area contributed by atoms with Crippen LogP contribution in [0, 0.1) is 25.7 Å². The molecular weight excluding hydrogens is 560 g/mol. The number of nitrogens with zero attached hydrogens (tertiary/aromatic N) is 1. The molecule has 3 atom stereocenters. The first-order chi connectivity index (χ1) is 18.7. The zero-order chi connectivity index (χ0) is 27.7. The average molecular weight is 589 g/mol. The molecule has 3 amide bonds. The number of imide groups is 1. The van der Waals surface area contributed by atoms with Crippen molar-refractivity contribution >= 4 is 51.0 Å². The van der Waals surface area contributed by atoms with Crippen molar-refractivity contribution in [2.45, 2.75) is 39.0 Å². The molecule has 39 heavy (non-hydrogen) atoms. The minimum absolute atomic E-state index is 0.160. The van der Waals surface area contributed by atoms with Gasteiger partial charge < -0.3 is 10.1 Å². The molecule has 2 fully saturated rings. The number of carbonyl (C=O) groups excluding carboxylic acids is 4. The summed E-state index contributed by atoms with van der Waals surface area (Å²) >= 11 is 3.49. The number of hydrogen-bond acceptors (Lipinski definition) is 5. The van der Waals surface area contributed by atoms with E-state index in [-0.39, 0.29) is 35.1 Å². The van der Waals surface area contributed by atoms with Gasteiger partial charge in [-0.2, -0.15) is 0 Å². The highest BCUT2D eigenvalue weighted by Crippen LogP contribution is 2.45. The van der Waals surface area contributed by atoms with Crippen molar-refractivity contribution in [1.82, 2.24) is 0 Å². The van der Waals surface area contributed by atoms with Gasteiger partial charge in [-0.3, -0.25) is 19.3 Å². The first-order valence-corrected chi connectivity index (χ1v) is 13.8. The predicted molar refractivity (Wildman–Crippen MR) is 151 cm³/mol. The highest BCUT2D eigenvalue weighted by Gasteiger charge is 2.50. The molecule has 1 saturated carbocycles. The van der Waals surface area contributed by atoms with Crippen LogP contribution >= 0.6 is 15.9 Å². The van der Waals surface area contributed by atoms with Gasteiger partial charge >= 0.3 is 5.97 Å². The van der Waals surface area contributed by atoms with E-state index in [9.17, 15) is 19.2 Å². The Balaban J connectivity index is 1.24. The van der Waals surface area contributed by atoms with Gasteiger partial charge in [0.05, 0.1) is 23.1 Å². The Labute approximate surface area is 235 Å². The molecule has 0 aromatic heterocycles. The fourth-order valence-electron chi connectivity index (χ4n) is 5.66. The molecule has 0 bridgehead atoms. The topological polar surface area (TPSA) is 92.8 Å². The number of amides is 3. The third-order valence-electron chi connectivity index (χ3n) is 7.59. The van der Waals surface area contributed by atoms with Gasteiger partial charge in [0.15, 0.2) is 6.61 Å². The van der Waals surface area contributed by atoms with Crippen LogP contribution in [-0.2, 0) is 19.1 Å². The molecule has 3 aromatic carbocycles. The SMILES string of the molecule is Cc1cc(NC(=O)COC(=O)c2cccc(N3C(=O)[C@H]4C[C@@H](c5ccccc5)CC[C@H]4C3=O)c2)cc(C)c1Br. The summed E-state index contributed by atoms with van der Waals surface area (Å²) in [7, 11) is 0. The summed E-state index contributed by atoms with van der Waals surface area (Å²) in [5.41, 5.74) is 4.25. The average Bonchev–Trinajstić information content (AvgIpc) is 3.19. The smallest absolute Gasteiger partial charge is 0.338 e. The first-order valence-electron chi connectivity index (χ1n) is 13.0. The molecule has 0 radical (unpaired) electrons. The van der Waals surface area contributed by atoms with Gasteiger partial charge in [0.25, 0.3) is 5.91 Å². The number of nitrogens with one attached hydrogen (secondary N) is 1. The van der Waals surface area contributed by atoms with Crippen molar-refractivity contribution in [3.63, 3.8) is 0 Å². The molecule has 5 rings (SSSR count). The molecule has 3 aromatic rings. The Bertz CT molecular complexity index is 1430. The van der Waals surface area contributed by atoms with Gasteiger partial charge in [-0.05, 0) is 86.1 Å². The second-order valence-electron chi connectivity index (χ2n) is 10.2. The maximum absolute atomic E-state index is 13.4. The van der Waals surface area contributed by atoms with E-state index in [4.69, 9.17) is 4.74 Å². The van der Waals surface area contributed by atoms with Crippen LogP contribution in [0.25, 0.3) is 0 Å².